The summed E-state index contributed by atoms with van der Waals surface area (Å²) >= 11 is 0. The molecule has 0 atom stereocenters. The fourth-order valence-electron chi connectivity index (χ4n) is 3.44. The molecule has 0 aliphatic rings. The highest BCUT2D eigenvalue weighted by Gasteiger charge is 2.18. The van der Waals surface area contributed by atoms with Crippen molar-refractivity contribution in [3.05, 3.63) is 83.3 Å². The van der Waals surface area contributed by atoms with Crippen molar-refractivity contribution in [3.63, 3.8) is 0 Å². The van der Waals surface area contributed by atoms with Gasteiger partial charge in [-0.3, -0.25) is 9.89 Å². The minimum absolute atomic E-state index is 0.315. The summed E-state index contributed by atoms with van der Waals surface area (Å²) in [6, 6.07) is 19.0. The molecule has 8 nitrogen and oxygen atoms in total. The maximum absolute atomic E-state index is 12.5. The molecule has 2 heterocycles. The molecule has 2 aromatic carbocycles. The van der Waals surface area contributed by atoms with E-state index < -0.39 is 0 Å². The summed E-state index contributed by atoms with van der Waals surface area (Å²) in [7, 11) is 0. The topological polar surface area (TPSA) is 97.2 Å². The number of carbonyl (C=O) groups excluding carboxylic acids is 1. The highest BCUT2D eigenvalue weighted by molar-refractivity contribution is 5.94. The van der Waals surface area contributed by atoms with Gasteiger partial charge in [0.25, 0.3) is 5.91 Å². The number of hydrogen-bond acceptors (Lipinski definition) is 5. The van der Waals surface area contributed by atoms with E-state index >= 15 is 0 Å². The van der Waals surface area contributed by atoms with Crippen molar-refractivity contribution in [2.75, 3.05) is 6.61 Å². The van der Waals surface area contributed by atoms with Gasteiger partial charge in [0, 0.05) is 5.56 Å². The molecule has 0 spiro atoms. The lowest BCUT2D eigenvalue weighted by atomic mass is 10.1. The summed E-state index contributed by atoms with van der Waals surface area (Å²) in [6.07, 6.45) is 1.57. The maximum atomic E-state index is 12.5. The lowest BCUT2D eigenvalue weighted by Crippen LogP contribution is -2.18. The summed E-state index contributed by atoms with van der Waals surface area (Å²) in [5, 5.41) is 15.8. The summed E-state index contributed by atoms with van der Waals surface area (Å²) in [5.74, 6) is 0.413. The van der Waals surface area contributed by atoms with Crippen LogP contribution in [0.1, 0.15) is 34.4 Å². The first-order valence-electron chi connectivity index (χ1n) is 10.3. The molecule has 0 aliphatic heterocycles. The van der Waals surface area contributed by atoms with Crippen LogP contribution in [0, 0.1) is 13.8 Å². The second-order valence-corrected chi connectivity index (χ2v) is 7.16. The minimum Gasteiger partial charge on any atom is -0.494 e. The fourth-order valence-corrected chi connectivity index (χ4v) is 3.44. The zero-order valence-electron chi connectivity index (χ0n) is 18.2. The van der Waals surface area contributed by atoms with Crippen LogP contribution in [0.2, 0.25) is 0 Å². The Labute approximate surface area is 185 Å². The van der Waals surface area contributed by atoms with Crippen molar-refractivity contribution in [1.29, 1.82) is 0 Å². The molecule has 4 aromatic rings. The molecule has 4 rings (SSSR count). The number of hydrazone groups is 1. The number of rotatable bonds is 7. The predicted molar refractivity (Wildman–Crippen MR) is 123 cm³/mol. The molecule has 8 heteroatoms. The van der Waals surface area contributed by atoms with E-state index in [1.54, 1.807) is 12.3 Å². The summed E-state index contributed by atoms with van der Waals surface area (Å²) < 4.78 is 7.29. The third-order valence-corrected chi connectivity index (χ3v) is 4.94. The average Bonchev–Trinajstić information content (AvgIpc) is 3.40. The van der Waals surface area contributed by atoms with E-state index in [2.05, 4.69) is 25.8 Å². The van der Waals surface area contributed by atoms with Gasteiger partial charge < -0.3 is 4.74 Å². The number of aromatic amines is 1. The second-order valence-electron chi connectivity index (χ2n) is 7.16. The van der Waals surface area contributed by atoms with Gasteiger partial charge in [0.2, 0.25) is 0 Å². The van der Waals surface area contributed by atoms with Gasteiger partial charge in [-0.15, -0.1) is 0 Å². The number of aryl methyl sites for hydroxylation is 1. The highest BCUT2D eigenvalue weighted by Crippen LogP contribution is 2.27. The van der Waals surface area contributed by atoms with Crippen molar-refractivity contribution < 1.29 is 9.53 Å². The van der Waals surface area contributed by atoms with Gasteiger partial charge in [-0.25, -0.2) is 10.1 Å². The van der Waals surface area contributed by atoms with Crippen LogP contribution < -0.4 is 10.2 Å². The van der Waals surface area contributed by atoms with Gasteiger partial charge in [0.1, 0.15) is 11.4 Å². The number of aromatic nitrogens is 4. The van der Waals surface area contributed by atoms with Gasteiger partial charge in [0.15, 0.2) is 0 Å². The van der Waals surface area contributed by atoms with Crippen LogP contribution >= 0.6 is 0 Å². The highest BCUT2D eigenvalue weighted by atomic mass is 16.5. The molecule has 0 radical (unpaired) electrons. The summed E-state index contributed by atoms with van der Waals surface area (Å²) in [5.41, 5.74) is 7.97. The molecule has 0 saturated heterocycles. The molecule has 0 fully saturated rings. The number of para-hydroxylation sites is 1. The quantitative estimate of drug-likeness (QED) is 0.343. The van der Waals surface area contributed by atoms with Crippen LogP contribution in [0.5, 0.6) is 5.75 Å². The number of amides is 1. The zero-order chi connectivity index (χ0) is 22.5. The molecule has 162 valence electrons. The van der Waals surface area contributed by atoms with Crippen LogP contribution in [0.4, 0.5) is 0 Å². The van der Waals surface area contributed by atoms with Gasteiger partial charge in [-0.1, -0.05) is 18.2 Å². The Kier molecular flexibility index (Phi) is 6.12. The lowest BCUT2D eigenvalue weighted by molar-refractivity contribution is 0.0950. The molecule has 1 amide bonds. The van der Waals surface area contributed by atoms with E-state index in [4.69, 9.17) is 4.74 Å². The Morgan fingerprint density at radius 3 is 2.62 bits per heavy atom. The molecule has 0 saturated carbocycles. The predicted octanol–water partition coefficient (Wildman–Crippen LogP) is 4.04. The SMILES string of the molecule is CCOc1ccc(C=NNC(=O)c2cc(-c3c(C)nn(-c4ccccc4)c3C)n[nH]2)cc1. The van der Waals surface area contributed by atoms with E-state index in [1.807, 2.05) is 80.1 Å². The average molecular weight is 428 g/mol. The van der Waals surface area contributed by atoms with E-state index in [0.717, 1.165) is 34.0 Å². The largest absolute Gasteiger partial charge is 0.494 e. The molecular weight excluding hydrogens is 404 g/mol. The molecular formula is C24H24N6O2. The van der Waals surface area contributed by atoms with Crippen LogP contribution in [-0.4, -0.2) is 38.7 Å². The Hall–Kier alpha value is -4.20. The number of benzene rings is 2. The fraction of sp³-hybridized carbons (Fsp3) is 0.167. The van der Waals surface area contributed by atoms with Crippen LogP contribution in [0.3, 0.4) is 0 Å². The van der Waals surface area contributed by atoms with Crippen molar-refractivity contribution >= 4 is 12.1 Å². The first kappa shape index (κ1) is 21.0. The summed E-state index contributed by atoms with van der Waals surface area (Å²) in [4.78, 5) is 12.5. The van der Waals surface area contributed by atoms with Gasteiger partial charge >= 0.3 is 0 Å². The maximum Gasteiger partial charge on any atom is 0.289 e. The van der Waals surface area contributed by atoms with Crippen molar-refractivity contribution in [2.24, 2.45) is 5.10 Å². The van der Waals surface area contributed by atoms with Crippen LogP contribution in [0.25, 0.3) is 16.9 Å². The first-order valence-corrected chi connectivity index (χ1v) is 10.3. The number of carbonyl (C=O) groups is 1. The molecule has 0 unspecified atom stereocenters. The molecule has 32 heavy (non-hydrogen) atoms. The number of H-pyrrole nitrogens is 1. The third kappa shape index (κ3) is 4.44. The molecule has 0 aliphatic carbocycles. The smallest absolute Gasteiger partial charge is 0.289 e. The van der Waals surface area contributed by atoms with E-state index in [1.165, 1.54) is 0 Å². The number of hydrogen-bond donors (Lipinski definition) is 2. The zero-order valence-corrected chi connectivity index (χ0v) is 18.2. The molecule has 0 bridgehead atoms. The number of nitrogens with one attached hydrogen (secondary N) is 2. The summed E-state index contributed by atoms with van der Waals surface area (Å²) in [6.45, 7) is 6.46. The molecule has 2 aromatic heterocycles. The second kappa shape index (κ2) is 9.30. The minimum atomic E-state index is -0.378. The van der Waals surface area contributed by atoms with Crippen molar-refractivity contribution in [2.45, 2.75) is 20.8 Å². The van der Waals surface area contributed by atoms with E-state index in [9.17, 15) is 4.79 Å². The third-order valence-electron chi connectivity index (χ3n) is 4.94. The standard InChI is InChI=1S/C24H24N6O2/c1-4-32-20-12-10-18(11-13-20)15-25-28-24(31)22-14-21(26-27-22)23-16(2)29-30(17(23)3)19-8-6-5-7-9-19/h5-15H,4H2,1-3H3,(H,26,27)(H,28,31). The van der Waals surface area contributed by atoms with Crippen LogP contribution in [-0.2, 0) is 0 Å². The normalized spacial score (nSPS) is 11.1. The van der Waals surface area contributed by atoms with Crippen LogP contribution in [0.15, 0.2) is 65.8 Å². The van der Waals surface area contributed by atoms with Gasteiger partial charge in [0.05, 0.1) is 35.6 Å². The number of ether oxygens (including phenoxy) is 1. The van der Waals surface area contributed by atoms with Gasteiger partial charge in [-0.2, -0.15) is 15.3 Å². The Morgan fingerprint density at radius 1 is 1.16 bits per heavy atom. The first-order chi connectivity index (χ1) is 15.6. The Balaban J connectivity index is 1.47. The van der Waals surface area contributed by atoms with Crippen molar-refractivity contribution in [3.8, 4) is 22.7 Å². The Morgan fingerprint density at radius 2 is 1.91 bits per heavy atom. The number of nitrogens with zero attached hydrogens (tertiary/aromatic N) is 4. The van der Waals surface area contributed by atoms with Crippen molar-refractivity contribution in [1.82, 2.24) is 25.4 Å². The lowest BCUT2D eigenvalue weighted by Gasteiger charge is -2.04. The monoisotopic (exact) mass is 428 g/mol. The Bertz CT molecular complexity index is 1240. The molecule has 2 N–H and O–H groups in total. The van der Waals surface area contributed by atoms with E-state index in [0.29, 0.717) is 18.0 Å². The van der Waals surface area contributed by atoms with Gasteiger partial charge in [-0.05, 0) is 68.8 Å². The van der Waals surface area contributed by atoms with E-state index in [-0.39, 0.29) is 5.91 Å².